The molecule has 0 saturated carbocycles. The molecule has 0 aliphatic rings. The van der Waals surface area contributed by atoms with Crippen molar-refractivity contribution < 1.29 is 4.39 Å². The lowest BCUT2D eigenvalue weighted by atomic mass is 9.93. The van der Waals surface area contributed by atoms with E-state index in [1.807, 2.05) is 0 Å². The zero-order valence-corrected chi connectivity index (χ0v) is 8.46. The maximum atomic E-state index is 12.6. The Bertz CT molecular complexity index is 303. The van der Waals surface area contributed by atoms with Gasteiger partial charge in [0.25, 0.3) is 0 Å². The normalized spacial score (nSPS) is 12.5. The lowest BCUT2D eigenvalue weighted by molar-refractivity contribution is 0.627. The maximum Gasteiger partial charge on any atom is 0.123 e. The molecule has 0 saturated heterocycles. The van der Waals surface area contributed by atoms with Crippen LogP contribution in [0.25, 0.3) is 5.57 Å². The molecule has 0 radical (unpaired) electrons. The Morgan fingerprint density at radius 2 is 2.00 bits per heavy atom. The van der Waals surface area contributed by atoms with Gasteiger partial charge in [-0.3, -0.25) is 0 Å². The third-order valence-electron chi connectivity index (χ3n) is 2.41. The molecule has 0 amide bonds. The van der Waals surface area contributed by atoms with Crippen molar-refractivity contribution in [2.45, 2.75) is 13.3 Å². The standard InChI is InChI=1S/C12H16FN/c1-9(7-8-14)10(2)11-3-5-12(13)6-4-11/h3-6,9H,2,7-8,14H2,1H3. The summed E-state index contributed by atoms with van der Waals surface area (Å²) in [6, 6.07) is 6.42. The summed E-state index contributed by atoms with van der Waals surface area (Å²) in [5.41, 5.74) is 7.48. The predicted molar refractivity (Wildman–Crippen MR) is 58.3 cm³/mol. The molecule has 1 aromatic rings. The zero-order valence-electron chi connectivity index (χ0n) is 8.46. The summed E-state index contributed by atoms with van der Waals surface area (Å²) in [5.74, 6) is 0.137. The Hall–Kier alpha value is -1.15. The number of halogens is 1. The third-order valence-corrected chi connectivity index (χ3v) is 2.41. The zero-order chi connectivity index (χ0) is 10.6. The van der Waals surface area contributed by atoms with Gasteiger partial charge in [0, 0.05) is 0 Å². The van der Waals surface area contributed by atoms with Crippen LogP contribution in [0.3, 0.4) is 0 Å². The van der Waals surface area contributed by atoms with E-state index in [0.29, 0.717) is 12.5 Å². The molecule has 2 heteroatoms. The van der Waals surface area contributed by atoms with Crippen LogP contribution in [0.5, 0.6) is 0 Å². The summed E-state index contributed by atoms with van der Waals surface area (Å²) in [6.45, 7) is 6.73. The molecule has 76 valence electrons. The summed E-state index contributed by atoms with van der Waals surface area (Å²) < 4.78 is 12.6. The van der Waals surface area contributed by atoms with Gasteiger partial charge in [-0.25, -0.2) is 4.39 Å². The summed E-state index contributed by atoms with van der Waals surface area (Å²) in [6.07, 6.45) is 0.913. The molecule has 0 aliphatic heterocycles. The van der Waals surface area contributed by atoms with Crippen molar-refractivity contribution in [2.24, 2.45) is 11.7 Å². The molecule has 1 unspecified atom stereocenters. The lowest BCUT2D eigenvalue weighted by Crippen LogP contribution is -2.06. The molecule has 0 aromatic heterocycles. The van der Waals surface area contributed by atoms with Gasteiger partial charge in [0.1, 0.15) is 5.82 Å². The first-order valence-corrected chi connectivity index (χ1v) is 4.80. The van der Waals surface area contributed by atoms with Crippen LogP contribution < -0.4 is 5.73 Å². The molecule has 14 heavy (non-hydrogen) atoms. The minimum absolute atomic E-state index is 0.215. The minimum Gasteiger partial charge on any atom is -0.330 e. The highest BCUT2D eigenvalue weighted by Crippen LogP contribution is 2.23. The van der Waals surface area contributed by atoms with Gasteiger partial charge >= 0.3 is 0 Å². The fourth-order valence-electron chi connectivity index (χ4n) is 1.37. The molecule has 1 aromatic carbocycles. The maximum absolute atomic E-state index is 12.6. The van der Waals surface area contributed by atoms with E-state index in [0.717, 1.165) is 17.6 Å². The van der Waals surface area contributed by atoms with E-state index in [-0.39, 0.29) is 5.82 Å². The van der Waals surface area contributed by atoms with E-state index in [2.05, 4.69) is 13.5 Å². The second-order valence-electron chi connectivity index (χ2n) is 3.51. The van der Waals surface area contributed by atoms with Gasteiger partial charge in [0.2, 0.25) is 0 Å². The third kappa shape index (κ3) is 2.67. The molecule has 1 nitrogen and oxygen atoms in total. The first kappa shape index (κ1) is 10.9. The largest absolute Gasteiger partial charge is 0.330 e. The molecule has 0 aliphatic carbocycles. The van der Waals surface area contributed by atoms with Gasteiger partial charge in [-0.1, -0.05) is 25.6 Å². The van der Waals surface area contributed by atoms with E-state index in [9.17, 15) is 4.39 Å². The Morgan fingerprint density at radius 1 is 1.43 bits per heavy atom. The van der Waals surface area contributed by atoms with Gasteiger partial charge < -0.3 is 5.73 Å². The summed E-state index contributed by atoms with van der Waals surface area (Å²) >= 11 is 0. The van der Waals surface area contributed by atoms with Gasteiger partial charge in [-0.15, -0.1) is 0 Å². The number of nitrogens with two attached hydrogens (primary N) is 1. The Balaban J connectivity index is 2.74. The van der Waals surface area contributed by atoms with Crippen LogP contribution in [0.1, 0.15) is 18.9 Å². The summed E-state index contributed by atoms with van der Waals surface area (Å²) in [7, 11) is 0. The highest BCUT2D eigenvalue weighted by atomic mass is 19.1. The van der Waals surface area contributed by atoms with E-state index >= 15 is 0 Å². The molecule has 0 heterocycles. The van der Waals surface area contributed by atoms with E-state index < -0.39 is 0 Å². The molecular formula is C12H16FN. The highest BCUT2D eigenvalue weighted by molar-refractivity contribution is 5.64. The first-order valence-electron chi connectivity index (χ1n) is 4.80. The number of benzene rings is 1. The fourth-order valence-corrected chi connectivity index (χ4v) is 1.37. The summed E-state index contributed by atoms with van der Waals surface area (Å²) in [5, 5.41) is 0. The van der Waals surface area contributed by atoms with Gasteiger partial charge in [0.15, 0.2) is 0 Å². The van der Waals surface area contributed by atoms with Gasteiger partial charge in [0.05, 0.1) is 0 Å². The van der Waals surface area contributed by atoms with Crippen molar-refractivity contribution in [3.8, 4) is 0 Å². The van der Waals surface area contributed by atoms with Crippen molar-refractivity contribution in [3.05, 3.63) is 42.2 Å². The molecular weight excluding hydrogens is 177 g/mol. The van der Waals surface area contributed by atoms with Crippen LogP contribution in [0, 0.1) is 11.7 Å². The van der Waals surface area contributed by atoms with Crippen molar-refractivity contribution in [1.29, 1.82) is 0 Å². The van der Waals surface area contributed by atoms with E-state index in [1.165, 1.54) is 12.1 Å². The second kappa shape index (κ2) is 4.91. The highest BCUT2D eigenvalue weighted by Gasteiger charge is 2.07. The van der Waals surface area contributed by atoms with Crippen molar-refractivity contribution in [2.75, 3.05) is 6.54 Å². The van der Waals surface area contributed by atoms with Gasteiger partial charge in [-0.2, -0.15) is 0 Å². The molecule has 0 spiro atoms. The second-order valence-corrected chi connectivity index (χ2v) is 3.51. The average molecular weight is 193 g/mol. The smallest absolute Gasteiger partial charge is 0.123 e. The molecule has 1 atom stereocenters. The SMILES string of the molecule is C=C(c1ccc(F)cc1)C(C)CCN. The minimum atomic E-state index is -0.215. The predicted octanol–water partition coefficient (Wildman–Crippen LogP) is 2.82. The van der Waals surface area contributed by atoms with Crippen molar-refractivity contribution in [3.63, 3.8) is 0 Å². The van der Waals surface area contributed by atoms with Crippen LogP contribution in [0.4, 0.5) is 4.39 Å². The Labute approximate surface area is 84.4 Å². The average Bonchev–Trinajstić information content (AvgIpc) is 2.18. The molecule has 1 rings (SSSR count). The first-order chi connectivity index (χ1) is 6.65. The number of rotatable bonds is 4. The molecule has 0 fully saturated rings. The van der Waals surface area contributed by atoms with E-state index in [4.69, 9.17) is 5.73 Å². The van der Waals surface area contributed by atoms with E-state index in [1.54, 1.807) is 12.1 Å². The summed E-state index contributed by atoms with van der Waals surface area (Å²) in [4.78, 5) is 0. The quantitative estimate of drug-likeness (QED) is 0.781. The Morgan fingerprint density at radius 3 is 2.50 bits per heavy atom. The van der Waals surface area contributed by atoms with Crippen molar-refractivity contribution in [1.82, 2.24) is 0 Å². The lowest BCUT2D eigenvalue weighted by Gasteiger charge is -2.13. The molecule has 2 N–H and O–H groups in total. The van der Waals surface area contributed by atoms with Crippen LogP contribution >= 0.6 is 0 Å². The monoisotopic (exact) mass is 193 g/mol. The van der Waals surface area contributed by atoms with Crippen molar-refractivity contribution >= 4 is 5.57 Å². The van der Waals surface area contributed by atoms with Crippen LogP contribution in [-0.2, 0) is 0 Å². The number of hydrogen-bond acceptors (Lipinski definition) is 1. The Kier molecular flexibility index (Phi) is 3.84. The molecule has 0 bridgehead atoms. The number of hydrogen-bond donors (Lipinski definition) is 1. The van der Waals surface area contributed by atoms with Gasteiger partial charge in [-0.05, 0) is 42.2 Å². The van der Waals surface area contributed by atoms with Crippen LogP contribution in [-0.4, -0.2) is 6.54 Å². The topological polar surface area (TPSA) is 26.0 Å². The van der Waals surface area contributed by atoms with Crippen LogP contribution in [0.2, 0.25) is 0 Å². The fraction of sp³-hybridized carbons (Fsp3) is 0.333. The number of allylic oxidation sites excluding steroid dienone is 1. The van der Waals surface area contributed by atoms with Crippen LogP contribution in [0.15, 0.2) is 30.8 Å².